The summed E-state index contributed by atoms with van der Waals surface area (Å²) in [7, 11) is 1.64. The van der Waals surface area contributed by atoms with Crippen molar-refractivity contribution in [2.24, 2.45) is 5.73 Å². The summed E-state index contributed by atoms with van der Waals surface area (Å²) in [4.78, 5) is 1.03. The number of benzene rings is 1. The fraction of sp³-hybridized carbons (Fsp3) is 0.500. The van der Waals surface area contributed by atoms with E-state index < -0.39 is 5.60 Å². The molecule has 0 radical (unpaired) electrons. The summed E-state index contributed by atoms with van der Waals surface area (Å²) in [5, 5.41) is 11.0. The third-order valence-electron chi connectivity index (χ3n) is 3.09. The van der Waals surface area contributed by atoms with Gasteiger partial charge in [0.15, 0.2) is 0 Å². The topological polar surface area (TPSA) is 55.5 Å². The van der Waals surface area contributed by atoms with E-state index >= 15 is 0 Å². The van der Waals surface area contributed by atoms with Gasteiger partial charge in [-0.2, -0.15) is 0 Å². The Bertz CT molecular complexity index is 427. The van der Waals surface area contributed by atoms with Crippen molar-refractivity contribution in [2.75, 3.05) is 19.4 Å². The number of methoxy groups -OCH3 is 1. The zero-order chi connectivity index (χ0) is 12.5. The van der Waals surface area contributed by atoms with Crippen LogP contribution in [0, 0.1) is 0 Å². The van der Waals surface area contributed by atoms with Gasteiger partial charge in [0.25, 0.3) is 0 Å². The summed E-state index contributed by atoms with van der Waals surface area (Å²) < 4.78 is 5.33. The fourth-order valence-corrected chi connectivity index (χ4v) is 3.62. The van der Waals surface area contributed by atoms with E-state index in [1.165, 1.54) is 0 Å². The lowest BCUT2D eigenvalue weighted by molar-refractivity contribution is 0.0471. The highest BCUT2D eigenvalue weighted by molar-refractivity contribution is 7.99. The molecule has 17 heavy (non-hydrogen) atoms. The molecule has 94 valence electrons. The number of thioether (sulfide) groups is 1. The zero-order valence-corrected chi connectivity index (χ0v) is 11.3. The molecule has 1 aliphatic rings. The largest absolute Gasteiger partial charge is 0.496 e. The standard InChI is InChI=1S/C12H16ClNO2S/c1-16-10-3-2-9(13)8-6-12(15,7-14)4-5-17-11(8)10/h2-3,15H,4-7,14H2,1H3. The maximum atomic E-state index is 10.4. The van der Waals surface area contributed by atoms with Crippen LogP contribution < -0.4 is 10.5 Å². The average molecular weight is 274 g/mol. The molecule has 1 unspecified atom stereocenters. The molecule has 1 aliphatic heterocycles. The van der Waals surface area contributed by atoms with Gasteiger partial charge in [-0.25, -0.2) is 0 Å². The maximum absolute atomic E-state index is 10.4. The Kier molecular flexibility index (Phi) is 3.88. The Balaban J connectivity index is 2.48. The van der Waals surface area contributed by atoms with Crippen molar-refractivity contribution in [1.29, 1.82) is 0 Å². The number of halogens is 1. The summed E-state index contributed by atoms with van der Waals surface area (Å²) in [6, 6.07) is 3.67. The molecule has 0 fully saturated rings. The first-order valence-corrected chi connectivity index (χ1v) is 6.86. The van der Waals surface area contributed by atoms with E-state index in [4.69, 9.17) is 22.1 Å². The summed E-state index contributed by atoms with van der Waals surface area (Å²) in [6.07, 6.45) is 1.16. The van der Waals surface area contributed by atoms with Crippen molar-refractivity contribution in [2.45, 2.75) is 23.3 Å². The maximum Gasteiger partial charge on any atom is 0.132 e. The van der Waals surface area contributed by atoms with Crippen LogP contribution in [0.25, 0.3) is 0 Å². The van der Waals surface area contributed by atoms with Crippen LogP contribution >= 0.6 is 23.4 Å². The number of aliphatic hydroxyl groups is 1. The second-order valence-corrected chi connectivity index (χ2v) is 5.77. The Hall–Kier alpha value is -0.420. The lowest BCUT2D eigenvalue weighted by Crippen LogP contribution is -2.40. The molecule has 0 aliphatic carbocycles. The lowest BCUT2D eigenvalue weighted by atomic mass is 9.92. The van der Waals surface area contributed by atoms with Gasteiger partial charge in [0.05, 0.1) is 17.6 Å². The van der Waals surface area contributed by atoms with E-state index in [9.17, 15) is 5.11 Å². The molecule has 2 rings (SSSR count). The number of nitrogens with two attached hydrogens (primary N) is 1. The second kappa shape index (κ2) is 5.06. The first-order valence-electron chi connectivity index (χ1n) is 5.50. The van der Waals surface area contributed by atoms with Crippen molar-refractivity contribution >= 4 is 23.4 Å². The van der Waals surface area contributed by atoms with Crippen LogP contribution in [-0.4, -0.2) is 30.1 Å². The van der Waals surface area contributed by atoms with Crippen LogP contribution in [0.5, 0.6) is 5.75 Å². The van der Waals surface area contributed by atoms with Gasteiger partial charge < -0.3 is 15.6 Å². The molecule has 1 aromatic carbocycles. The highest BCUT2D eigenvalue weighted by atomic mass is 35.5. The zero-order valence-electron chi connectivity index (χ0n) is 9.70. The van der Waals surface area contributed by atoms with Crippen molar-refractivity contribution < 1.29 is 9.84 Å². The molecule has 3 nitrogen and oxygen atoms in total. The van der Waals surface area contributed by atoms with Crippen LogP contribution in [0.4, 0.5) is 0 Å². The smallest absolute Gasteiger partial charge is 0.132 e. The van der Waals surface area contributed by atoms with Gasteiger partial charge >= 0.3 is 0 Å². The minimum absolute atomic E-state index is 0.251. The summed E-state index contributed by atoms with van der Waals surface area (Å²) >= 11 is 7.87. The molecule has 0 amide bonds. The molecule has 0 saturated heterocycles. The van der Waals surface area contributed by atoms with Gasteiger partial charge in [-0.3, -0.25) is 0 Å². The number of ether oxygens (including phenoxy) is 1. The number of hydrogen-bond donors (Lipinski definition) is 2. The minimum Gasteiger partial charge on any atom is -0.496 e. The fourth-order valence-electron chi connectivity index (χ4n) is 2.00. The predicted molar refractivity (Wildman–Crippen MR) is 71.1 cm³/mol. The van der Waals surface area contributed by atoms with E-state index in [1.54, 1.807) is 18.9 Å². The highest BCUT2D eigenvalue weighted by Crippen LogP contribution is 2.42. The van der Waals surface area contributed by atoms with Gasteiger partial charge in [-0.15, -0.1) is 11.8 Å². The van der Waals surface area contributed by atoms with Crippen molar-refractivity contribution in [1.82, 2.24) is 0 Å². The molecule has 5 heteroatoms. The normalized spacial score (nSPS) is 24.0. The number of rotatable bonds is 2. The second-order valence-electron chi connectivity index (χ2n) is 4.26. The third-order valence-corrected chi connectivity index (χ3v) is 4.59. The Morgan fingerprint density at radius 2 is 2.35 bits per heavy atom. The predicted octanol–water partition coefficient (Wildman–Crippen LogP) is 2.08. The first kappa shape index (κ1) is 13.0. The van der Waals surface area contributed by atoms with Crippen LogP contribution in [-0.2, 0) is 6.42 Å². The van der Waals surface area contributed by atoms with Gasteiger partial charge in [-0.1, -0.05) is 11.6 Å². The molecule has 0 aromatic heterocycles. The molecular weight excluding hydrogens is 258 g/mol. The van der Waals surface area contributed by atoms with Crippen LogP contribution in [0.1, 0.15) is 12.0 Å². The van der Waals surface area contributed by atoms with Gasteiger partial charge in [0, 0.05) is 23.7 Å². The van der Waals surface area contributed by atoms with Crippen molar-refractivity contribution in [3.63, 3.8) is 0 Å². The first-order chi connectivity index (χ1) is 8.09. The molecular formula is C12H16ClNO2S. The number of fused-ring (bicyclic) bond motifs is 1. The van der Waals surface area contributed by atoms with Gasteiger partial charge in [0.2, 0.25) is 0 Å². The van der Waals surface area contributed by atoms with Crippen LogP contribution in [0.3, 0.4) is 0 Å². The monoisotopic (exact) mass is 273 g/mol. The minimum atomic E-state index is -0.853. The summed E-state index contributed by atoms with van der Waals surface area (Å²) in [5.41, 5.74) is 5.74. The Morgan fingerprint density at radius 3 is 3.00 bits per heavy atom. The average Bonchev–Trinajstić information content (AvgIpc) is 2.51. The van der Waals surface area contributed by atoms with Gasteiger partial charge in [0.1, 0.15) is 5.75 Å². The molecule has 0 spiro atoms. The number of hydrogen-bond acceptors (Lipinski definition) is 4. The third kappa shape index (κ3) is 2.55. The van der Waals surface area contributed by atoms with E-state index in [0.29, 0.717) is 17.9 Å². The molecule has 1 aromatic rings. The van der Waals surface area contributed by atoms with Gasteiger partial charge in [-0.05, 0) is 24.1 Å². The van der Waals surface area contributed by atoms with Crippen molar-refractivity contribution in [3.8, 4) is 5.75 Å². The van der Waals surface area contributed by atoms with Crippen LogP contribution in [0.2, 0.25) is 5.02 Å². The van der Waals surface area contributed by atoms with E-state index in [2.05, 4.69) is 0 Å². The SMILES string of the molecule is COc1ccc(Cl)c2c1SCCC(O)(CN)C2. The Labute approximate surface area is 110 Å². The van der Waals surface area contributed by atoms with E-state index in [1.807, 2.05) is 12.1 Å². The quantitative estimate of drug-likeness (QED) is 0.866. The molecule has 0 bridgehead atoms. The Morgan fingerprint density at radius 1 is 1.59 bits per heavy atom. The molecule has 1 atom stereocenters. The molecule has 0 saturated carbocycles. The van der Waals surface area contributed by atoms with Crippen LogP contribution in [0.15, 0.2) is 17.0 Å². The van der Waals surface area contributed by atoms with E-state index in [0.717, 1.165) is 22.0 Å². The summed E-state index contributed by atoms with van der Waals surface area (Å²) in [6.45, 7) is 0.251. The summed E-state index contributed by atoms with van der Waals surface area (Å²) in [5.74, 6) is 1.63. The van der Waals surface area contributed by atoms with E-state index in [-0.39, 0.29) is 6.54 Å². The van der Waals surface area contributed by atoms with Crippen molar-refractivity contribution in [3.05, 3.63) is 22.7 Å². The molecule has 3 N–H and O–H groups in total. The highest BCUT2D eigenvalue weighted by Gasteiger charge is 2.31. The molecule has 1 heterocycles. The lowest BCUT2D eigenvalue weighted by Gasteiger charge is -2.25.